The molecule has 0 saturated heterocycles. The minimum absolute atomic E-state index is 0.153. The average Bonchev–Trinajstić information content (AvgIpc) is 2.93. The van der Waals surface area contributed by atoms with Crippen LogP contribution >= 0.6 is 0 Å². The van der Waals surface area contributed by atoms with E-state index in [0.29, 0.717) is 6.04 Å². The van der Waals surface area contributed by atoms with Crippen molar-refractivity contribution in [2.75, 3.05) is 20.3 Å². The van der Waals surface area contributed by atoms with E-state index < -0.39 is 0 Å². The van der Waals surface area contributed by atoms with E-state index in [9.17, 15) is 5.11 Å². The van der Waals surface area contributed by atoms with Gasteiger partial charge in [0.1, 0.15) is 5.75 Å². The third kappa shape index (κ3) is 3.47. The van der Waals surface area contributed by atoms with Crippen LogP contribution in [0, 0.1) is 0 Å². The van der Waals surface area contributed by atoms with Gasteiger partial charge in [-0.15, -0.1) is 0 Å². The fourth-order valence-electron chi connectivity index (χ4n) is 2.62. The number of benzene rings is 1. The van der Waals surface area contributed by atoms with Crippen LogP contribution in [0.2, 0.25) is 0 Å². The minimum atomic E-state index is 0.153. The van der Waals surface area contributed by atoms with Gasteiger partial charge in [-0.1, -0.05) is 25.0 Å². The summed E-state index contributed by atoms with van der Waals surface area (Å²) in [6.07, 6.45) is 5.22. The molecule has 3 nitrogen and oxygen atoms in total. The third-order valence-electron chi connectivity index (χ3n) is 3.79. The van der Waals surface area contributed by atoms with Crippen molar-refractivity contribution in [2.45, 2.75) is 37.6 Å². The number of aliphatic hydroxyl groups is 1. The van der Waals surface area contributed by atoms with Crippen LogP contribution in [0.25, 0.3) is 0 Å². The van der Waals surface area contributed by atoms with E-state index in [4.69, 9.17) is 4.74 Å². The number of rotatable bonds is 6. The molecule has 3 heteroatoms. The molecule has 0 bridgehead atoms. The zero-order valence-electron chi connectivity index (χ0n) is 11.1. The summed E-state index contributed by atoms with van der Waals surface area (Å²) < 4.78 is 5.23. The van der Waals surface area contributed by atoms with E-state index in [1.165, 1.54) is 25.7 Å². The van der Waals surface area contributed by atoms with Crippen LogP contribution in [0.15, 0.2) is 24.3 Å². The molecule has 1 saturated carbocycles. The molecule has 1 fully saturated rings. The maximum atomic E-state index is 9.54. The molecule has 1 atom stereocenters. The lowest BCUT2D eigenvalue weighted by atomic mass is 9.99. The molecule has 0 amide bonds. The second-order valence-corrected chi connectivity index (χ2v) is 5.05. The zero-order valence-corrected chi connectivity index (χ0v) is 11.1. The number of hydrogen-bond donors (Lipinski definition) is 2. The van der Waals surface area contributed by atoms with Crippen molar-refractivity contribution in [2.24, 2.45) is 0 Å². The number of nitrogens with one attached hydrogen (secondary N) is 1. The first-order valence-corrected chi connectivity index (χ1v) is 6.81. The van der Waals surface area contributed by atoms with Gasteiger partial charge in [-0.2, -0.15) is 0 Å². The van der Waals surface area contributed by atoms with E-state index in [2.05, 4.69) is 11.4 Å². The first-order valence-electron chi connectivity index (χ1n) is 6.81. The minimum Gasteiger partial charge on any atom is -0.497 e. The summed E-state index contributed by atoms with van der Waals surface area (Å²) in [7, 11) is 1.67. The predicted octanol–water partition coefficient (Wildman–Crippen LogP) is 2.30. The third-order valence-corrected chi connectivity index (χ3v) is 3.79. The molecular weight excluding hydrogens is 226 g/mol. The summed E-state index contributed by atoms with van der Waals surface area (Å²) in [5.41, 5.74) is 1.14. The molecule has 0 radical (unpaired) electrons. The zero-order chi connectivity index (χ0) is 12.8. The Hall–Kier alpha value is -1.06. The van der Waals surface area contributed by atoms with Crippen molar-refractivity contribution < 1.29 is 9.84 Å². The highest BCUT2D eigenvalue weighted by atomic mass is 16.5. The summed E-state index contributed by atoms with van der Waals surface area (Å²) in [5.74, 6) is 1.01. The van der Waals surface area contributed by atoms with Crippen molar-refractivity contribution in [3.8, 4) is 5.75 Å². The van der Waals surface area contributed by atoms with Gasteiger partial charge in [0.25, 0.3) is 0 Å². The Morgan fingerprint density at radius 2 is 2.17 bits per heavy atom. The topological polar surface area (TPSA) is 41.5 Å². The monoisotopic (exact) mass is 249 g/mol. The SMILES string of the molecule is COc1cccc(C(CO)CNC2CCCC2)c1. The van der Waals surface area contributed by atoms with Gasteiger partial charge >= 0.3 is 0 Å². The lowest BCUT2D eigenvalue weighted by Gasteiger charge is -2.19. The molecule has 1 aliphatic rings. The molecular formula is C15H23NO2. The molecule has 1 unspecified atom stereocenters. The molecule has 100 valence electrons. The number of aliphatic hydroxyl groups excluding tert-OH is 1. The largest absolute Gasteiger partial charge is 0.497 e. The van der Waals surface area contributed by atoms with Crippen molar-refractivity contribution >= 4 is 0 Å². The highest BCUT2D eigenvalue weighted by Gasteiger charge is 2.17. The Balaban J connectivity index is 1.93. The van der Waals surface area contributed by atoms with Gasteiger partial charge < -0.3 is 15.2 Å². The normalized spacial score (nSPS) is 17.9. The molecule has 18 heavy (non-hydrogen) atoms. The summed E-state index contributed by atoms with van der Waals surface area (Å²) in [5, 5.41) is 13.1. The summed E-state index contributed by atoms with van der Waals surface area (Å²) in [6, 6.07) is 8.62. The molecule has 1 aliphatic carbocycles. The summed E-state index contributed by atoms with van der Waals surface area (Å²) in [6.45, 7) is 1.02. The van der Waals surface area contributed by atoms with Gasteiger partial charge in [0, 0.05) is 18.5 Å². The standard InChI is InChI=1S/C15H23NO2/c1-18-15-8-4-5-12(9-15)13(11-17)10-16-14-6-2-3-7-14/h4-5,8-9,13-14,16-17H,2-3,6-7,10-11H2,1H3. The fraction of sp³-hybridized carbons (Fsp3) is 0.600. The van der Waals surface area contributed by atoms with Crippen LogP contribution in [0.1, 0.15) is 37.2 Å². The van der Waals surface area contributed by atoms with Gasteiger partial charge in [-0.3, -0.25) is 0 Å². The molecule has 2 N–H and O–H groups in total. The van der Waals surface area contributed by atoms with Crippen LogP contribution in [-0.2, 0) is 0 Å². The van der Waals surface area contributed by atoms with Gasteiger partial charge in [0.15, 0.2) is 0 Å². The Kier molecular flexibility index (Phi) is 5.02. The molecule has 0 aliphatic heterocycles. The van der Waals surface area contributed by atoms with Gasteiger partial charge in [0.05, 0.1) is 13.7 Å². The molecule has 0 aromatic heterocycles. The average molecular weight is 249 g/mol. The Bertz CT molecular complexity index is 361. The Morgan fingerprint density at radius 1 is 1.39 bits per heavy atom. The molecule has 0 spiro atoms. The van der Waals surface area contributed by atoms with E-state index in [-0.39, 0.29) is 12.5 Å². The molecule has 2 rings (SSSR count). The maximum absolute atomic E-state index is 9.54. The second-order valence-electron chi connectivity index (χ2n) is 5.05. The lowest BCUT2D eigenvalue weighted by molar-refractivity contribution is 0.258. The highest BCUT2D eigenvalue weighted by molar-refractivity contribution is 5.31. The van der Waals surface area contributed by atoms with E-state index in [1.54, 1.807) is 7.11 Å². The Morgan fingerprint density at radius 3 is 2.83 bits per heavy atom. The van der Waals surface area contributed by atoms with Crippen LogP contribution in [0.5, 0.6) is 5.75 Å². The molecule has 0 heterocycles. The van der Waals surface area contributed by atoms with Crippen LogP contribution in [0.4, 0.5) is 0 Å². The maximum Gasteiger partial charge on any atom is 0.119 e. The summed E-state index contributed by atoms with van der Waals surface area (Å²) >= 11 is 0. The van der Waals surface area contributed by atoms with Crippen molar-refractivity contribution in [3.63, 3.8) is 0 Å². The van der Waals surface area contributed by atoms with E-state index in [0.717, 1.165) is 17.9 Å². The number of methoxy groups -OCH3 is 1. The molecule has 1 aromatic rings. The predicted molar refractivity (Wildman–Crippen MR) is 73.1 cm³/mol. The van der Waals surface area contributed by atoms with E-state index in [1.807, 2.05) is 18.2 Å². The second kappa shape index (κ2) is 6.76. The Labute approximate surface area is 109 Å². The highest BCUT2D eigenvalue weighted by Crippen LogP contribution is 2.22. The van der Waals surface area contributed by atoms with Gasteiger partial charge in [0.2, 0.25) is 0 Å². The van der Waals surface area contributed by atoms with Crippen molar-refractivity contribution in [3.05, 3.63) is 29.8 Å². The number of ether oxygens (including phenoxy) is 1. The smallest absolute Gasteiger partial charge is 0.119 e. The van der Waals surface area contributed by atoms with Gasteiger partial charge in [-0.25, -0.2) is 0 Å². The van der Waals surface area contributed by atoms with Crippen LogP contribution < -0.4 is 10.1 Å². The lowest BCUT2D eigenvalue weighted by Crippen LogP contribution is -2.31. The van der Waals surface area contributed by atoms with Crippen molar-refractivity contribution in [1.29, 1.82) is 0 Å². The van der Waals surface area contributed by atoms with Gasteiger partial charge in [-0.05, 0) is 30.5 Å². The summed E-state index contributed by atoms with van der Waals surface area (Å²) in [4.78, 5) is 0. The molecule has 1 aromatic carbocycles. The first-order chi connectivity index (χ1) is 8.83. The first kappa shape index (κ1) is 13.4. The fourth-order valence-corrected chi connectivity index (χ4v) is 2.62. The number of hydrogen-bond acceptors (Lipinski definition) is 3. The van der Waals surface area contributed by atoms with Crippen LogP contribution in [-0.4, -0.2) is 31.4 Å². The van der Waals surface area contributed by atoms with E-state index >= 15 is 0 Å². The van der Waals surface area contributed by atoms with Crippen molar-refractivity contribution in [1.82, 2.24) is 5.32 Å². The van der Waals surface area contributed by atoms with Crippen LogP contribution in [0.3, 0.4) is 0 Å². The quantitative estimate of drug-likeness (QED) is 0.813.